The van der Waals surface area contributed by atoms with Crippen molar-refractivity contribution in [2.45, 2.75) is 59.2 Å². The molecule has 0 heterocycles. The highest BCUT2D eigenvalue weighted by Gasteiger charge is 2.34. The van der Waals surface area contributed by atoms with Gasteiger partial charge in [-0.1, -0.05) is 17.7 Å². The summed E-state index contributed by atoms with van der Waals surface area (Å²) in [5.41, 5.74) is 4.51. The first-order chi connectivity index (χ1) is 10.8. The molecule has 0 bridgehead atoms. The van der Waals surface area contributed by atoms with Crippen molar-refractivity contribution in [3.63, 3.8) is 0 Å². The molecule has 0 saturated heterocycles. The third kappa shape index (κ3) is 4.55. The van der Waals surface area contributed by atoms with Gasteiger partial charge in [0.05, 0.1) is 6.10 Å². The molecule has 2 amide bonds. The lowest BCUT2D eigenvalue weighted by molar-refractivity contribution is -0.132. The van der Waals surface area contributed by atoms with E-state index in [1.807, 2.05) is 20.8 Å². The van der Waals surface area contributed by atoms with Crippen LogP contribution < -0.4 is 10.6 Å². The van der Waals surface area contributed by atoms with E-state index < -0.39 is 12.1 Å². The van der Waals surface area contributed by atoms with Gasteiger partial charge in [-0.05, 0) is 57.2 Å². The van der Waals surface area contributed by atoms with Crippen LogP contribution in [0.1, 0.15) is 42.0 Å². The molecular formula is C18H26N2O3. The molecule has 2 rings (SSSR count). The van der Waals surface area contributed by atoms with Crippen LogP contribution in [0, 0.1) is 26.7 Å². The predicted molar refractivity (Wildman–Crippen MR) is 88.8 cm³/mol. The lowest BCUT2D eigenvalue weighted by Gasteiger charge is -2.21. The van der Waals surface area contributed by atoms with Crippen molar-refractivity contribution in [3.05, 3.63) is 34.4 Å². The van der Waals surface area contributed by atoms with Crippen molar-refractivity contribution in [2.75, 3.05) is 0 Å². The molecule has 5 heteroatoms. The Bertz CT molecular complexity index is 583. The molecule has 1 aromatic carbocycles. The van der Waals surface area contributed by atoms with Crippen LogP contribution in [-0.2, 0) is 16.1 Å². The molecule has 1 saturated carbocycles. The molecule has 3 N–H and O–H groups in total. The molecule has 1 aliphatic rings. The van der Waals surface area contributed by atoms with Crippen LogP contribution in [0.15, 0.2) is 12.1 Å². The van der Waals surface area contributed by atoms with Crippen LogP contribution in [0.5, 0.6) is 0 Å². The van der Waals surface area contributed by atoms with Crippen molar-refractivity contribution in [1.29, 1.82) is 0 Å². The first-order valence-electron chi connectivity index (χ1n) is 8.12. The molecule has 0 aromatic heterocycles. The van der Waals surface area contributed by atoms with Crippen molar-refractivity contribution in [2.24, 2.45) is 5.92 Å². The first-order valence-corrected chi connectivity index (χ1v) is 8.12. The number of carbonyl (C=O) groups is 2. The molecule has 0 radical (unpaired) electrons. The monoisotopic (exact) mass is 318 g/mol. The maximum absolute atomic E-state index is 12.3. The summed E-state index contributed by atoms with van der Waals surface area (Å²) in [6, 6.07) is 3.25. The van der Waals surface area contributed by atoms with Gasteiger partial charge >= 0.3 is 0 Å². The fraction of sp³-hybridized carbons (Fsp3) is 0.556. The molecule has 0 aliphatic heterocycles. The van der Waals surface area contributed by atoms with E-state index in [-0.39, 0.29) is 17.7 Å². The number of nitrogens with one attached hydrogen (secondary N) is 2. The van der Waals surface area contributed by atoms with Gasteiger partial charge in [0.25, 0.3) is 0 Å². The van der Waals surface area contributed by atoms with Crippen LogP contribution in [0.3, 0.4) is 0 Å². The van der Waals surface area contributed by atoms with Gasteiger partial charge in [0.1, 0.15) is 6.04 Å². The molecule has 0 spiro atoms. The molecule has 1 aromatic rings. The summed E-state index contributed by atoms with van der Waals surface area (Å²) in [5, 5.41) is 15.3. The zero-order valence-electron chi connectivity index (χ0n) is 14.3. The standard InChI is InChI=1S/C18H26N2O3/c1-10-7-11(2)15(12(3)8-10)9-19-18(23)16(13(4)21)20-17(22)14-5-6-14/h7-8,13-14,16,21H,5-6,9H2,1-4H3,(H,19,23)(H,20,22)/t13-,16-/m0/s1. The lowest BCUT2D eigenvalue weighted by atomic mass is 9.99. The second kappa shape index (κ2) is 7.13. The summed E-state index contributed by atoms with van der Waals surface area (Å²) in [7, 11) is 0. The third-order valence-electron chi connectivity index (χ3n) is 4.29. The fourth-order valence-electron chi connectivity index (χ4n) is 2.80. The van der Waals surface area contributed by atoms with Gasteiger partial charge in [-0.15, -0.1) is 0 Å². The predicted octanol–water partition coefficient (Wildman–Crippen LogP) is 1.50. The van der Waals surface area contributed by atoms with E-state index in [0.29, 0.717) is 6.54 Å². The van der Waals surface area contributed by atoms with E-state index in [1.165, 1.54) is 12.5 Å². The number of amides is 2. The number of aliphatic hydroxyl groups excluding tert-OH is 1. The molecule has 2 atom stereocenters. The summed E-state index contributed by atoms with van der Waals surface area (Å²) in [4.78, 5) is 24.2. The smallest absolute Gasteiger partial charge is 0.245 e. The summed E-state index contributed by atoms with van der Waals surface area (Å²) < 4.78 is 0. The number of aliphatic hydroxyl groups is 1. The lowest BCUT2D eigenvalue weighted by Crippen LogP contribution is -2.52. The Hall–Kier alpha value is -1.88. The average molecular weight is 318 g/mol. The van der Waals surface area contributed by atoms with Crippen LogP contribution in [0.25, 0.3) is 0 Å². The Morgan fingerprint density at radius 1 is 1.22 bits per heavy atom. The number of hydrogen-bond acceptors (Lipinski definition) is 3. The second-order valence-corrected chi connectivity index (χ2v) is 6.60. The molecule has 1 aliphatic carbocycles. The van der Waals surface area contributed by atoms with E-state index >= 15 is 0 Å². The van der Waals surface area contributed by atoms with Crippen LogP contribution in [-0.4, -0.2) is 29.1 Å². The number of carbonyl (C=O) groups excluding carboxylic acids is 2. The van der Waals surface area contributed by atoms with Gasteiger partial charge in [-0.3, -0.25) is 9.59 Å². The Labute approximate surface area is 137 Å². The minimum absolute atomic E-state index is 0.00522. The zero-order valence-corrected chi connectivity index (χ0v) is 14.3. The fourth-order valence-corrected chi connectivity index (χ4v) is 2.80. The molecule has 0 unspecified atom stereocenters. The van der Waals surface area contributed by atoms with Crippen molar-refractivity contribution in [1.82, 2.24) is 10.6 Å². The van der Waals surface area contributed by atoms with E-state index in [1.54, 1.807) is 0 Å². The minimum atomic E-state index is -0.932. The molecule has 23 heavy (non-hydrogen) atoms. The summed E-state index contributed by atoms with van der Waals surface area (Å²) >= 11 is 0. The third-order valence-corrected chi connectivity index (χ3v) is 4.29. The molecular weight excluding hydrogens is 292 g/mol. The van der Waals surface area contributed by atoms with E-state index in [2.05, 4.69) is 22.8 Å². The van der Waals surface area contributed by atoms with E-state index in [9.17, 15) is 14.7 Å². The Kier molecular flexibility index (Phi) is 5.42. The van der Waals surface area contributed by atoms with E-state index in [4.69, 9.17) is 0 Å². The molecule has 126 valence electrons. The van der Waals surface area contributed by atoms with Gasteiger partial charge < -0.3 is 15.7 Å². The van der Waals surface area contributed by atoms with Crippen molar-refractivity contribution in [3.8, 4) is 0 Å². The molecule has 5 nitrogen and oxygen atoms in total. The SMILES string of the molecule is Cc1cc(C)c(CNC(=O)[C@@H](NC(=O)C2CC2)[C@H](C)O)c(C)c1. The Balaban J connectivity index is 2.00. The number of rotatable bonds is 6. The summed E-state index contributed by atoms with van der Waals surface area (Å²) in [5.74, 6) is -0.493. The van der Waals surface area contributed by atoms with Crippen LogP contribution >= 0.6 is 0 Å². The van der Waals surface area contributed by atoms with Gasteiger partial charge in [-0.2, -0.15) is 0 Å². The van der Waals surface area contributed by atoms with Gasteiger partial charge in [0, 0.05) is 12.5 Å². The first kappa shape index (κ1) is 17.5. The highest BCUT2D eigenvalue weighted by atomic mass is 16.3. The largest absolute Gasteiger partial charge is 0.391 e. The molecule has 1 fully saturated rings. The second-order valence-electron chi connectivity index (χ2n) is 6.60. The highest BCUT2D eigenvalue weighted by Crippen LogP contribution is 2.29. The maximum atomic E-state index is 12.3. The van der Waals surface area contributed by atoms with Crippen molar-refractivity contribution < 1.29 is 14.7 Å². The summed E-state index contributed by atoms with van der Waals surface area (Å²) in [6.07, 6.45) is 0.793. The minimum Gasteiger partial charge on any atom is -0.391 e. The maximum Gasteiger partial charge on any atom is 0.245 e. The van der Waals surface area contributed by atoms with Gasteiger partial charge in [0.15, 0.2) is 0 Å². The van der Waals surface area contributed by atoms with Crippen LogP contribution in [0.4, 0.5) is 0 Å². The number of aryl methyl sites for hydroxylation is 3. The highest BCUT2D eigenvalue weighted by molar-refractivity contribution is 5.89. The summed E-state index contributed by atoms with van der Waals surface area (Å²) in [6.45, 7) is 7.98. The topological polar surface area (TPSA) is 78.4 Å². The zero-order chi connectivity index (χ0) is 17.1. The van der Waals surface area contributed by atoms with Gasteiger partial charge in [0.2, 0.25) is 11.8 Å². The van der Waals surface area contributed by atoms with Gasteiger partial charge in [-0.25, -0.2) is 0 Å². The Morgan fingerprint density at radius 3 is 2.26 bits per heavy atom. The number of hydrogen-bond donors (Lipinski definition) is 3. The van der Waals surface area contributed by atoms with E-state index in [0.717, 1.165) is 29.5 Å². The average Bonchev–Trinajstić information content (AvgIpc) is 3.27. The number of benzene rings is 1. The van der Waals surface area contributed by atoms with Crippen molar-refractivity contribution >= 4 is 11.8 Å². The normalized spacial score (nSPS) is 16.6. The Morgan fingerprint density at radius 2 is 1.78 bits per heavy atom. The quantitative estimate of drug-likeness (QED) is 0.744. The van der Waals surface area contributed by atoms with Crippen LogP contribution in [0.2, 0.25) is 0 Å².